The highest BCUT2D eigenvalue weighted by Gasteiger charge is 2.34. The first-order valence-corrected chi connectivity index (χ1v) is 8.62. The van der Waals surface area contributed by atoms with Gasteiger partial charge in [0.05, 0.1) is 6.10 Å². The van der Waals surface area contributed by atoms with Crippen LogP contribution in [0.15, 0.2) is 42.5 Å². The van der Waals surface area contributed by atoms with Gasteiger partial charge >= 0.3 is 0 Å². The number of ether oxygens (including phenoxy) is 1. The number of benzene rings is 2. The van der Waals surface area contributed by atoms with E-state index < -0.39 is 0 Å². The Kier molecular flexibility index (Phi) is 4.70. The summed E-state index contributed by atoms with van der Waals surface area (Å²) >= 11 is 0. The van der Waals surface area contributed by atoms with E-state index in [0.29, 0.717) is 11.3 Å². The Morgan fingerprint density at radius 2 is 1.83 bits per heavy atom. The van der Waals surface area contributed by atoms with Crippen LogP contribution < -0.4 is 4.74 Å². The zero-order valence-electron chi connectivity index (χ0n) is 14.2. The molecule has 1 nitrogen and oxygen atoms in total. The van der Waals surface area contributed by atoms with Crippen molar-refractivity contribution in [3.05, 3.63) is 53.8 Å². The van der Waals surface area contributed by atoms with E-state index in [4.69, 9.17) is 4.74 Å². The lowest BCUT2D eigenvalue weighted by Gasteiger charge is -2.12. The molecular weight excluding hydrogens is 287 g/mol. The van der Waals surface area contributed by atoms with Gasteiger partial charge in [0, 0.05) is 5.56 Å². The smallest absolute Gasteiger partial charge is 0.131 e. The van der Waals surface area contributed by atoms with Gasteiger partial charge in [0.1, 0.15) is 11.6 Å². The van der Waals surface area contributed by atoms with Crippen LogP contribution in [0.2, 0.25) is 0 Å². The molecule has 2 aromatic rings. The van der Waals surface area contributed by atoms with Gasteiger partial charge in [-0.1, -0.05) is 37.6 Å². The van der Waals surface area contributed by atoms with Crippen LogP contribution in [0.25, 0.3) is 11.1 Å². The van der Waals surface area contributed by atoms with Crippen LogP contribution in [-0.4, -0.2) is 6.10 Å². The third-order valence-corrected chi connectivity index (χ3v) is 4.67. The topological polar surface area (TPSA) is 9.23 Å². The van der Waals surface area contributed by atoms with Crippen LogP contribution in [0, 0.1) is 17.7 Å². The largest absolute Gasteiger partial charge is 0.491 e. The molecule has 1 saturated carbocycles. The Bertz CT molecular complexity index is 660. The SMILES string of the molecule is CCC1CC1Cc1ccc(-c2cc(OC(C)C)ccc2F)cc1. The Morgan fingerprint density at radius 1 is 1.09 bits per heavy atom. The molecule has 0 spiro atoms. The summed E-state index contributed by atoms with van der Waals surface area (Å²) in [6, 6.07) is 13.3. The first-order chi connectivity index (χ1) is 11.1. The molecular formula is C21H25FO. The first-order valence-electron chi connectivity index (χ1n) is 8.62. The van der Waals surface area contributed by atoms with Gasteiger partial charge in [-0.3, -0.25) is 0 Å². The normalized spacial score (nSPS) is 19.9. The van der Waals surface area contributed by atoms with Crippen molar-refractivity contribution in [1.29, 1.82) is 0 Å². The summed E-state index contributed by atoms with van der Waals surface area (Å²) in [4.78, 5) is 0. The molecule has 1 aliphatic rings. The van der Waals surface area contributed by atoms with E-state index >= 15 is 0 Å². The van der Waals surface area contributed by atoms with Crippen LogP contribution in [-0.2, 0) is 6.42 Å². The summed E-state index contributed by atoms with van der Waals surface area (Å²) in [5.41, 5.74) is 2.86. The summed E-state index contributed by atoms with van der Waals surface area (Å²) in [5.74, 6) is 2.27. The molecule has 0 amide bonds. The van der Waals surface area contributed by atoms with E-state index in [1.54, 1.807) is 12.1 Å². The van der Waals surface area contributed by atoms with Crippen LogP contribution in [0.3, 0.4) is 0 Å². The Labute approximate surface area is 138 Å². The molecule has 23 heavy (non-hydrogen) atoms. The molecule has 2 unspecified atom stereocenters. The second-order valence-electron chi connectivity index (χ2n) is 6.87. The molecule has 2 atom stereocenters. The summed E-state index contributed by atoms with van der Waals surface area (Å²) in [6.07, 6.45) is 3.89. The van der Waals surface area contributed by atoms with Gasteiger partial charge in [0.25, 0.3) is 0 Å². The second-order valence-corrected chi connectivity index (χ2v) is 6.87. The molecule has 3 rings (SSSR count). The van der Waals surface area contributed by atoms with Gasteiger partial charge in [-0.05, 0) is 67.9 Å². The van der Waals surface area contributed by atoms with Crippen molar-refractivity contribution in [3.63, 3.8) is 0 Å². The zero-order chi connectivity index (χ0) is 16.4. The van der Waals surface area contributed by atoms with Crippen molar-refractivity contribution >= 4 is 0 Å². The van der Waals surface area contributed by atoms with E-state index in [1.165, 1.54) is 24.5 Å². The summed E-state index contributed by atoms with van der Waals surface area (Å²) < 4.78 is 19.8. The third-order valence-electron chi connectivity index (χ3n) is 4.67. The molecule has 2 aromatic carbocycles. The predicted molar refractivity (Wildman–Crippen MR) is 93.2 cm³/mol. The first kappa shape index (κ1) is 16.0. The highest BCUT2D eigenvalue weighted by Crippen LogP contribution is 2.43. The van der Waals surface area contributed by atoms with Crippen molar-refractivity contribution in [2.75, 3.05) is 0 Å². The number of hydrogen-bond donors (Lipinski definition) is 0. The fourth-order valence-corrected chi connectivity index (χ4v) is 3.25. The Hall–Kier alpha value is -1.83. The number of rotatable bonds is 6. The third kappa shape index (κ3) is 3.93. The fourth-order valence-electron chi connectivity index (χ4n) is 3.25. The van der Waals surface area contributed by atoms with Crippen molar-refractivity contribution < 1.29 is 9.13 Å². The van der Waals surface area contributed by atoms with E-state index in [2.05, 4.69) is 19.1 Å². The van der Waals surface area contributed by atoms with E-state index in [-0.39, 0.29) is 11.9 Å². The van der Waals surface area contributed by atoms with Crippen LogP contribution in [0.1, 0.15) is 39.2 Å². The monoisotopic (exact) mass is 312 g/mol. The minimum Gasteiger partial charge on any atom is -0.491 e. The maximum absolute atomic E-state index is 14.2. The minimum atomic E-state index is -0.206. The minimum absolute atomic E-state index is 0.0840. The molecule has 0 heterocycles. The van der Waals surface area contributed by atoms with Crippen LogP contribution in [0.5, 0.6) is 5.75 Å². The average Bonchev–Trinajstić information content (AvgIpc) is 3.28. The highest BCUT2D eigenvalue weighted by molar-refractivity contribution is 5.66. The maximum Gasteiger partial charge on any atom is 0.131 e. The fraction of sp³-hybridized carbons (Fsp3) is 0.429. The van der Waals surface area contributed by atoms with Crippen molar-refractivity contribution in [3.8, 4) is 16.9 Å². The van der Waals surface area contributed by atoms with Crippen molar-refractivity contribution in [1.82, 2.24) is 0 Å². The van der Waals surface area contributed by atoms with Crippen LogP contribution >= 0.6 is 0 Å². The molecule has 122 valence electrons. The summed E-state index contributed by atoms with van der Waals surface area (Å²) in [5, 5.41) is 0. The zero-order valence-corrected chi connectivity index (χ0v) is 14.2. The average molecular weight is 312 g/mol. The van der Waals surface area contributed by atoms with E-state index in [1.807, 2.05) is 26.0 Å². The van der Waals surface area contributed by atoms with E-state index in [0.717, 1.165) is 23.8 Å². The molecule has 0 aliphatic heterocycles. The predicted octanol–water partition coefficient (Wildman–Crippen LogP) is 5.87. The van der Waals surface area contributed by atoms with Crippen LogP contribution in [0.4, 0.5) is 4.39 Å². The van der Waals surface area contributed by atoms with Gasteiger partial charge in [-0.2, -0.15) is 0 Å². The van der Waals surface area contributed by atoms with Gasteiger partial charge < -0.3 is 4.74 Å². The standard InChI is InChI=1S/C21H25FO/c1-4-16-12-18(16)11-15-5-7-17(8-6-15)20-13-19(23-14(2)3)9-10-21(20)22/h5-10,13-14,16,18H,4,11-12H2,1-3H3. The lowest BCUT2D eigenvalue weighted by atomic mass is 10.0. The molecule has 2 heteroatoms. The van der Waals surface area contributed by atoms with Crippen molar-refractivity contribution in [2.24, 2.45) is 11.8 Å². The van der Waals surface area contributed by atoms with Gasteiger partial charge in [0.15, 0.2) is 0 Å². The highest BCUT2D eigenvalue weighted by atomic mass is 19.1. The Morgan fingerprint density at radius 3 is 2.43 bits per heavy atom. The molecule has 1 fully saturated rings. The molecule has 0 aromatic heterocycles. The molecule has 0 radical (unpaired) electrons. The second kappa shape index (κ2) is 6.74. The molecule has 0 bridgehead atoms. The quantitative estimate of drug-likeness (QED) is 0.648. The Balaban J connectivity index is 1.76. The maximum atomic E-state index is 14.2. The number of halogens is 1. The summed E-state index contributed by atoms with van der Waals surface area (Å²) in [7, 11) is 0. The lowest BCUT2D eigenvalue weighted by Crippen LogP contribution is -2.05. The lowest BCUT2D eigenvalue weighted by molar-refractivity contribution is 0.242. The molecule has 1 aliphatic carbocycles. The number of hydrogen-bond acceptors (Lipinski definition) is 1. The van der Waals surface area contributed by atoms with Crippen molar-refractivity contribution in [2.45, 2.75) is 46.1 Å². The molecule has 0 N–H and O–H groups in total. The van der Waals surface area contributed by atoms with Gasteiger partial charge in [-0.25, -0.2) is 4.39 Å². The van der Waals surface area contributed by atoms with E-state index in [9.17, 15) is 4.39 Å². The molecule has 0 saturated heterocycles. The summed E-state index contributed by atoms with van der Waals surface area (Å²) in [6.45, 7) is 6.21. The van der Waals surface area contributed by atoms with Gasteiger partial charge in [0.2, 0.25) is 0 Å². The van der Waals surface area contributed by atoms with Gasteiger partial charge in [-0.15, -0.1) is 0 Å².